The number of hydrogen-bond donors (Lipinski definition) is 4. The summed E-state index contributed by atoms with van der Waals surface area (Å²) in [5.74, 6) is 2.02. The maximum absolute atomic E-state index is 12.4. The summed E-state index contributed by atoms with van der Waals surface area (Å²) in [6.07, 6.45) is 17.4. The second-order valence-electron chi connectivity index (χ2n) is 12.1. The van der Waals surface area contributed by atoms with Crippen molar-refractivity contribution in [2.45, 2.75) is 134 Å². The average Bonchev–Trinajstić information content (AvgIpc) is 3.59. The first kappa shape index (κ1) is 38.7. The Morgan fingerprint density at radius 3 is 2.17 bits per heavy atom. The SMILES string of the molecule is CCCCCCCCCCCCCCCCCSCCCOP(=O)(O)OCC1O[C@@](C#N)(c2ccc3c(N)ncnn23)[C@H](O)[C@@H]1O. The van der Waals surface area contributed by atoms with Crippen molar-refractivity contribution in [2.75, 3.05) is 30.5 Å². The second kappa shape index (κ2) is 20.6. The Kier molecular flexibility index (Phi) is 17.3. The van der Waals surface area contributed by atoms with Gasteiger partial charge >= 0.3 is 7.82 Å². The zero-order chi connectivity index (χ0) is 33.3. The Labute approximate surface area is 278 Å². The summed E-state index contributed by atoms with van der Waals surface area (Å²) in [6, 6.07) is 4.96. The molecular formula is C32H54N5O7PS. The van der Waals surface area contributed by atoms with Crippen molar-refractivity contribution in [3.05, 3.63) is 24.2 Å². The first-order valence-electron chi connectivity index (χ1n) is 17.0. The molecular weight excluding hydrogens is 629 g/mol. The molecule has 5 atom stereocenters. The maximum atomic E-state index is 12.4. The highest BCUT2D eigenvalue weighted by atomic mass is 32.2. The van der Waals surface area contributed by atoms with E-state index in [4.69, 9.17) is 19.5 Å². The molecule has 1 aliphatic rings. The van der Waals surface area contributed by atoms with Crippen LogP contribution in [0.3, 0.4) is 0 Å². The van der Waals surface area contributed by atoms with Gasteiger partial charge in [-0.25, -0.2) is 14.1 Å². The Morgan fingerprint density at radius 1 is 0.978 bits per heavy atom. The highest BCUT2D eigenvalue weighted by Crippen LogP contribution is 2.46. The van der Waals surface area contributed by atoms with Gasteiger partial charge in [0.1, 0.15) is 36.2 Å². The summed E-state index contributed by atoms with van der Waals surface area (Å²) in [7, 11) is -4.45. The van der Waals surface area contributed by atoms with E-state index in [1.807, 2.05) is 6.07 Å². The van der Waals surface area contributed by atoms with E-state index in [1.54, 1.807) is 17.8 Å². The Morgan fingerprint density at radius 2 is 1.57 bits per heavy atom. The highest BCUT2D eigenvalue weighted by molar-refractivity contribution is 7.99. The van der Waals surface area contributed by atoms with Crippen LogP contribution < -0.4 is 5.73 Å². The lowest BCUT2D eigenvalue weighted by atomic mass is 9.92. The number of nitriles is 1. The highest BCUT2D eigenvalue weighted by Gasteiger charge is 2.58. The normalized spacial score (nSPS) is 22.7. The zero-order valence-corrected chi connectivity index (χ0v) is 29.0. The monoisotopic (exact) mass is 683 g/mol. The first-order chi connectivity index (χ1) is 22.3. The van der Waals surface area contributed by atoms with Gasteiger partial charge in [0.25, 0.3) is 0 Å². The number of hydrogen-bond acceptors (Lipinski definition) is 11. The quantitative estimate of drug-likeness (QED) is 0.0679. The van der Waals surface area contributed by atoms with E-state index in [-0.39, 0.29) is 18.1 Å². The molecule has 0 saturated carbocycles. The molecule has 260 valence electrons. The van der Waals surface area contributed by atoms with E-state index >= 15 is 0 Å². The largest absolute Gasteiger partial charge is 0.472 e. The minimum absolute atomic E-state index is 0.0374. The molecule has 2 unspecified atom stereocenters. The van der Waals surface area contributed by atoms with Crippen LogP contribution in [0.15, 0.2) is 18.5 Å². The number of nitrogens with zero attached hydrogens (tertiary/aromatic N) is 4. The number of thioether (sulfide) groups is 1. The Hall–Kier alpha value is -1.75. The van der Waals surface area contributed by atoms with Gasteiger partial charge in [-0.05, 0) is 36.5 Å². The third-order valence-corrected chi connectivity index (χ3v) is 10.6. The Bertz CT molecular complexity index is 1250. The maximum Gasteiger partial charge on any atom is 0.472 e. The topological polar surface area (TPSA) is 185 Å². The zero-order valence-electron chi connectivity index (χ0n) is 27.3. The van der Waals surface area contributed by atoms with Gasteiger partial charge in [-0.15, -0.1) is 0 Å². The molecule has 1 saturated heterocycles. The van der Waals surface area contributed by atoms with E-state index in [9.17, 15) is 24.9 Å². The van der Waals surface area contributed by atoms with Gasteiger partial charge < -0.3 is 25.6 Å². The molecule has 0 spiro atoms. The molecule has 0 aliphatic carbocycles. The molecule has 46 heavy (non-hydrogen) atoms. The van der Waals surface area contributed by atoms with Crippen LogP contribution in [0.25, 0.3) is 5.52 Å². The molecule has 14 heteroatoms. The number of phosphoric ester groups is 1. The van der Waals surface area contributed by atoms with Crippen molar-refractivity contribution in [2.24, 2.45) is 0 Å². The molecule has 0 bridgehead atoms. The minimum atomic E-state index is -4.45. The molecule has 3 rings (SSSR count). The number of aliphatic hydroxyl groups excluding tert-OH is 2. The fraction of sp³-hybridized carbons (Fsp3) is 0.781. The molecule has 1 fully saturated rings. The summed E-state index contributed by atoms with van der Waals surface area (Å²) in [5, 5.41) is 35.4. The van der Waals surface area contributed by atoms with E-state index in [1.165, 1.54) is 113 Å². The van der Waals surface area contributed by atoms with Gasteiger partial charge in [-0.1, -0.05) is 96.8 Å². The second-order valence-corrected chi connectivity index (χ2v) is 14.8. The number of aromatic nitrogens is 3. The summed E-state index contributed by atoms with van der Waals surface area (Å²) in [4.78, 5) is 14.0. The van der Waals surface area contributed by atoms with Crippen LogP contribution in [-0.4, -0.2) is 72.7 Å². The lowest BCUT2D eigenvalue weighted by Gasteiger charge is -2.24. The van der Waals surface area contributed by atoms with Crippen LogP contribution in [0.5, 0.6) is 0 Å². The minimum Gasteiger partial charge on any atom is -0.387 e. The lowest BCUT2D eigenvalue weighted by molar-refractivity contribution is -0.0642. The molecule has 2 aromatic heterocycles. The number of ether oxygens (including phenoxy) is 1. The number of phosphoric acid groups is 1. The predicted octanol–water partition coefficient (Wildman–Crippen LogP) is 6.28. The van der Waals surface area contributed by atoms with Gasteiger partial charge in [-0.3, -0.25) is 9.05 Å². The molecule has 0 amide bonds. The van der Waals surface area contributed by atoms with Crippen LogP contribution in [0.1, 0.15) is 115 Å². The van der Waals surface area contributed by atoms with E-state index in [0.29, 0.717) is 11.9 Å². The molecule has 1 aliphatic heterocycles. The summed E-state index contributed by atoms with van der Waals surface area (Å²) in [6.45, 7) is 1.72. The van der Waals surface area contributed by atoms with Crippen molar-refractivity contribution >= 4 is 30.9 Å². The number of anilines is 1. The van der Waals surface area contributed by atoms with Gasteiger partial charge in [0, 0.05) is 0 Å². The van der Waals surface area contributed by atoms with Gasteiger partial charge in [-0.2, -0.15) is 22.1 Å². The van der Waals surface area contributed by atoms with Gasteiger partial charge in [0.05, 0.1) is 18.9 Å². The number of unbranched alkanes of at least 4 members (excludes halogenated alkanes) is 14. The van der Waals surface area contributed by atoms with Crippen molar-refractivity contribution in [3.63, 3.8) is 0 Å². The molecule has 5 N–H and O–H groups in total. The Balaban J connectivity index is 1.21. The van der Waals surface area contributed by atoms with Crippen LogP contribution >= 0.6 is 19.6 Å². The van der Waals surface area contributed by atoms with Gasteiger partial charge in [0.2, 0.25) is 5.60 Å². The first-order valence-corrected chi connectivity index (χ1v) is 19.6. The number of nitrogens with two attached hydrogens (primary N) is 1. The lowest BCUT2D eigenvalue weighted by Crippen LogP contribution is -2.41. The van der Waals surface area contributed by atoms with Crippen molar-refractivity contribution < 1.29 is 33.5 Å². The molecule has 2 aromatic rings. The predicted molar refractivity (Wildman–Crippen MR) is 180 cm³/mol. The summed E-state index contributed by atoms with van der Waals surface area (Å²) in [5.41, 5.74) is 4.35. The number of fused-ring (bicyclic) bond motifs is 1. The van der Waals surface area contributed by atoms with Crippen LogP contribution in [0.2, 0.25) is 0 Å². The third-order valence-electron chi connectivity index (χ3n) is 8.47. The van der Waals surface area contributed by atoms with Crippen molar-refractivity contribution in [3.8, 4) is 6.07 Å². The van der Waals surface area contributed by atoms with Crippen LogP contribution in [-0.2, 0) is 24.0 Å². The smallest absolute Gasteiger partial charge is 0.387 e. The summed E-state index contributed by atoms with van der Waals surface area (Å²) >= 11 is 1.80. The van der Waals surface area contributed by atoms with Crippen LogP contribution in [0.4, 0.5) is 5.82 Å². The van der Waals surface area contributed by atoms with Crippen molar-refractivity contribution in [1.29, 1.82) is 5.26 Å². The third kappa shape index (κ3) is 11.7. The van der Waals surface area contributed by atoms with E-state index in [0.717, 1.165) is 11.5 Å². The van der Waals surface area contributed by atoms with E-state index < -0.39 is 38.3 Å². The molecule has 0 aromatic carbocycles. The number of nitrogen functional groups attached to an aromatic ring is 1. The summed E-state index contributed by atoms with van der Waals surface area (Å²) < 4.78 is 29.6. The van der Waals surface area contributed by atoms with Crippen molar-refractivity contribution in [1.82, 2.24) is 14.6 Å². The standard InChI is InChI=1S/C32H54N5O7PS/c1-2-3-4-5-6-7-8-9-10-11-12-13-14-15-16-21-46-22-17-20-42-45(40,41)43-23-27-29(38)30(39)32(24-33,44-27)28-19-18-26-31(34)35-25-36-37(26)28/h18-19,25,27,29-30,38-39H,2-17,20-23H2,1H3,(H,40,41)(H2,34,35,36)/t27?,29-,30-,32+/m1/s1. The van der Waals surface area contributed by atoms with Crippen LogP contribution in [0, 0.1) is 11.3 Å². The fourth-order valence-corrected chi connectivity index (χ4v) is 7.48. The number of aliphatic hydroxyl groups is 2. The fourth-order valence-electron chi connectivity index (χ4n) is 5.77. The molecule has 0 radical (unpaired) electrons. The number of rotatable bonds is 25. The molecule has 3 heterocycles. The van der Waals surface area contributed by atoms with Gasteiger partial charge in [0.15, 0.2) is 5.82 Å². The molecule has 12 nitrogen and oxygen atoms in total. The van der Waals surface area contributed by atoms with E-state index in [2.05, 4.69) is 17.0 Å². The average molecular weight is 684 g/mol.